The highest BCUT2D eigenvalue weighted by Crippen LogP contribution is 2.29. The number of ketones is 1. The Hall–Kier alpha value is -4.31. The molecule has 0 spiro atoms. The highest BCUT2D eigenvalue weighted by Gasteiger charge is 2.21. The molecule has 0 unspecified atom stereocenters. The van der Waals surface area contributed by atoms with Crippen molar-refractivity contribution in [1.82, 2.24) is 4.57 Å². The molecule has 0 bridgehead atoms. The zero-order valence-corrected chi connectivity index (χ0v) is 23.0. The van der Waals surface area contributed by atoms with Crippen LogP contribution in [0.4, 0.5) is 5.69 Å². The molecule has 208 valence electrons. The van der Waals surface area contributed by atoms with Gasteiger partial charge in [0.2, 0.25) is 5.78 Å². The molecule has 0 aliphatic heterocycles. The lowest BCUT2D eigenvalue weighted by atomic mass is 10.1. The topological polar surface area (TPSA) is 114 Å². The van der Waals surface area contributed by atoms with E-state index < -0.39 is 12.6 Å². The zero-order valence-electron chi connectivity index (χ0n) is 23.0. The summed E-state index contributed by atoms with van der Waals surface area (Å²) in [6.45, 7) is 5.60. The Bertz CT molecular complexity index is 1310. The van der Waals surface area contributed by atoms with E-state index in [1.165, 1.54) is 25.3 Å². The number of nitrogens with one attached hydrogen (secondary N) is 1. The van der Waals surface area contributed by atoms with Crippen LogP contribution in [0.1, 0.15) is 45.1 Å². The van der Waals surface area contributed by atoms with E-state index in [9.17, 15) is 14.4 Å². The maximum Gasteiger partial charge on any atom is 0.338 e. The molecular weight excluding hydrogens is 504 g/mol. The molecule has 1 N–H and O–H groups in total. The van der Waals surface area contributed by atoms with Gasteiger partial charge in [-0.3, -0.25) is 9.59 Å². The minimum absolute atomic E-state index is 0.0563. The van der Waals surface area contributed by atoms with E-state index in [1.54, 1.807) is 44.6 Å². The molecule has 3 rings (SSSR count). The summed E-state index contributed by atoms with van der Waals surface area (Å²) in [7, 11) is 4.61. The van der Waals surface area contributed by atoms with Gasteiger partial charge in [0.1, 0.15) is 5.75 Å². The van der Waals surface area contributed by atoms with Crippen LogP contribution in [0.5, 0.6) is 17.2 Å². The van der Waals surface area contributed by atoms with Crippen molar-refractivity contribution in [2.75, 3.05) is 46.5 Å². The Labute approximate surface area is 227 Å². The molecule has 39 heavy (non-hydrogen) atoms. The number of aryl methyl sites for hydroxylation is 1. The van der Waals surface area contributed by atoms with Crippen LogP contribution in [0.3, 0.4) is 0 Å². The van der Waals surface area contributed by atoms with Crippen molar-refractivity contribution in [1.29, 1.82) is 0 Å². The second-order valence-corrected chi connectivity index (χ2v) is 8.89. The van der Waals surface area contributed by atoms with Crippen LogP contribution in [0.15, 0.2) is 48.5 Å². The van der Waals surface area contributed by atoms with Crippen LogP contribution in [0.25, 0.3) is 0 Å². The number of ether oxygens (including phenoxy) is 5. The number of benzene rings is 2. The lowest BCUT2D eigenvalue weighted by Crippen LogP contribution is -2.20. The van der Waals surface area contributed by atoms with Gasteiger partial charge < -0.3 is 33.6 Å². The molecular formula is C29H34N2O8. The van der Waals surface area contributed by atoms with Gasteiger partial charge in [-0.2, -0.15) is 0 Å². The van der Waals surface area contributed by atoms with Gasteiger partial charge in [-0.1, -0.05) is 0 Å². The molecule has 0 radical (unpaired) electrons. The van der Waals surface area contributed by atoms with E-state index >= 15 is 0 Å². The fourth-order valence-corrected chi connectivity index (χ4v) is 4.27. The smallest absolute Gasteiger partial charge is 0.338 e. The molecule has 10 nitrogen and oxygen atoms in total. The molecule has 0 aliphatic carbocycles. The van der Waals surface area contributed by atoms with Crippen molar-refractivity contribution in [3.63, 3.8) is 0 Å². The second kappa shape index (κ2) is 13.5. The Kier molecular flexibility index (Phi) is 10.1. The minimum atomic E-state index is -0.688. The van der Waals surface area contributed by atoms with E-state index in [0.29, 0.717) is 23.6 Å². The van der Waals surface area contributed by atoms with Crippen molar-refractivity contribution in [2.45, 2.75) is 26.8 Å². The molecule has 0 fully saturated rings. The first kappa shape index (κ1) is 29.2. The number of aromatic nitrogens is 1. The van der Waals surface area contributed by atoms with Gasteiger partial charge >= 0.3 is 5.97 Å². The van der Waals surface area contributed by atoms with E-state index in [-0.39, 0.29) is 41.4 Å². The van der Waals surface area contributed by atoms with Crippen molar-refractivity contribution < 1.29 is 38.1 Å². The average molecular weight is 539 g/mol. The number of nitrogens with zero attached hydrogens (tertiary/aromatic N) is 1. The van der Waals surface area contributed by atoms with Gasteiger partial charge in [0.15, 0.2) is 24.7 Å². The molecule has 1 atom stereocenters. The molecule has 1 amide bonds. The number of methoxy groups -OCH3 is 3. The zero-order chi connectivity index (χ0) is 28.5. The summed E-state index contributed by atoms with van der Waals surface area (Å²) in [5, 5.41) is 2.72. The van der Waals surface area contributed by atoms with E-state index in [2.05, 4.69) is 5.32 Å². The summed E-state index contributed by atoms with van der Waals surface area (Å²) >= 11 is 0. The Morgan fingerprint density at radius 1 is 0.897 bits per heavy atom. The van der Waals surface area contributed by atoms with Gasteiger partial charge in [-0.05, 0) is 69.3 Å². The lowest BCUT2D eigenvalue weighted by Gasteiger charge is -2.17. The van der Waals surface area contributed by atoms with Crippen molar-refractivity contribution in [3.8, 4) is 17.2 Å². The first-order valence-electron chi connectivity index (χ1n) is 12.3. The monoisotopic (exact) mass is 538 g/mol. The lowest BCUT2D eigenvalue weighted by molar-refractivity contribution is -0.118. The van der Waals surface area contributed by atoms with Crippen LogP contribution in [0, 0.1) is 13.8 Å². The first-order valence-corrected chi connectivity index (χ1v) is 12.3. The van der Waals surface area contributed by atoms with Crippen LogP contribution in [0.2, 0.25) is 0 Å². The molecule has 3 aromatic rings. The number of Topliss-reactive ketones (excluding diaryl/α,β-unsaturated/α-hetero) is 1. The number of esters is 1. The van der Waals surface area contributed by atoms with Gasteiger partial charge in [-0.25, -0.2) is 4.79 Å². The van der Waals surface area contributed by atoms with Gasteiger partial charge in [0, 0.05) is 29.7 Å². The van der Waals surface area contributed by atoms with Gasteiger partial charge in [0.25, 0.3) is 5.91 Å². The number of carbonyl (C=O) groups excluding carboxylic acids is 3. The fourth-order valence-electron chi connectivity index (χ4n) is 4.27. The molecule has 0 saturated carbocycles. The molecule has 1 heterocycles. The van der Waals surface area contributed by atoms with Crippen LogP contribution >= 0.6 is 0 Å². The molecule has 0 aliphatic rings. The highest BCUT2D eigenvalue weighted by molar-refractivity contribution is 6.00. The number of carbonyl (C=O) groups is 3. The SMILES string of the molecule is COC[C@@H](C)n1c(C)cc(C(=O)COC(=O)c2ccc(OCC(=O)Nc3ccc(OC)cc3)c(OC)c2)c1C. The fraction of sp³-hybridized carbons (Fsp3) is 0.345. The highest BCUT2D eigenvalue weighted by atomic mass is 16.5. The predicted octanol–water partition coefficient (Wildman–Crippen LogP) is 4.39. The van der Waals surface area contributed by atoms with Crippen LogP contribution in [-0.2, 0) is 14.3 Å². The van der Waals surface area contributed by atoms with Gasteiger partial charge in [-0.15, -0.1) is 0 Å². The Morgan fingerprint density at radius 3 is 2.26 bits per heavy atom. The number of hydrogen-bond donors (Lipinski definition) is 1. The number of hydrogen-bond acceptors (Lipinski definition) is 8. The summed E-state index contributed by atoms with van der Waals surface area (Å²) in [4.78, 5) is 37.8. The maximum absolute atomic E-state index is 12.8. The number of rotatable bonds is 13. The quantitative estimate of drug-likeness (QED) is 0.252. The van der Waals surface area contributed by atoms with E-state index in [0.717, 1.165) is 11.4 Å². The summed E-state index contributed by atoms with van der Waals surface area (Å²) in [6, 6.07) is 13.1. The Morgan fingerprint density at radius 2 is 1.62 bits per heavy atom. The third-order valence-electron chi connectivity index (χ3n) is 6.10. The molecule has 10 heteroatoms. The summed E-state index contributed by atoms with van der Waals surface area (Å²) in [6.07, 6.45) is 0. The summed E-state index contributed by atoms with van der Waals surface area (Å²) < 4.78 is 28.5. The summed E-state index contributed by atoms with van der Waals surface area (Å²) in [5.41, 5.74) is 2.98. The summed E-state index contributed by atoms with van der Waals surface area (Å²) in [5.74, 6) is -0.181. The van der Waals surface area contributed by atoms with Crippen LogP contribution < -0.4 is 19.5 Å². The van der Waals surface area contributed by atoms with E-state index in [1.807, 2.05) is 25.3 Å². The predicted molar refractivity (Wildman–Crippen MR) is 145 cm³/mol. The maximum atomic E-state index is 12.8. The van der Waals surface area contributed by atoms with Crippen molar-refractivity contribution >= 4 is 23.3 Å². The average Bonchev–Trinajstić information content (AvgIpc) is 3.24. The number of anilines is 1. The second-order valence-electron chi connectivity index (χ2n) is 8.89. The third kappa shape index (κ3) is 7.38. The molecule has 2 aromatic carbocycles. The number of amides is 1. The Balaban J connectivity index is 1.58. The first-order chi connectivity index (χ1) is 18.7. The molecule has 1 aromatic heterocycles. The van der Waals surface area contributed by atoms with Gasteiger partial charge in [0.05, 0.1) is 32.4 Å². The molecule has 0 saturated heterocycles. The minimum Gasteiger partial charge on any atom is -0.497 e. The van der Waals surface area contributed by atoms with Crippen molar-refractivity contribution in [3.05, 3.63) is 71.0 Å². The largest absolute Gasteiger partial charge is 0.497 e. The third-order valence-corrected chi connectivity index (χ3v) is 6.10. The standard InChI is InChI=1S/C29H34N2O8/c1-18-13-24(20(3)31(18)19(2)15-35-4)25(32)16-39-29(34)21-7-12-26(27(14-21)37-6)38-17-28(33)30-22-8-10-23(36-5)11-9-22/h7-14,19H,15-17H2,1-6H3,(H,30,33)/t19-/m1/s1. The van der Waals surface area contributed by atoms with Crippen LogP contribution in [-0.4, -0.2) is 63.4 Å². The normalized spacial score (nSPS) is 11.4. The van der Waals surface area contributed by atoms with Crippen molar-refractivity contribution in [2.24, 2.45) is 0 Å². The van der Waals surface area contributed by atoms with E-state index in [4.69, 9.17) is 23.7 Å².